The second kappa shape index (κ2) is 7.74. The van der Waals surface area contributed by atoms with E-state index in [1.54, 1.807) is 17.1 Å². The number of aliphatic hydroxyl groups excluding tert-OH is 1. The summed E-state index contributed by atoms with van der Waals surface area (Å²) in [5.74, 6) is 0. The van der Waals surface area contributed by atoms with Gasteiger partial charge in [0.1, 0.15) is 5.69 Å². The van der Waals surface area contributed by atoms with E-state index >= 15 is 0 Å². The van der Waals surface area contributed by atoms with E-state index < -0.39 is 6.10 Å². The lowest BCUT2D eigenvalue weighted by molar-refractivity contribution is 0.0741. The molecule has 3 heterocycles. The van der Waals surface area contributed by atoms with Crippen LogP contribution in [-0.2, 0) is 17.8 Å². The Kier molecular flexibility index (Phi) is 5.01. The van der Waals surface area contributed by atoms with E-state index in [1.165, 1.54) is 0 Å². The SMILES string of the molecule is O[C@H]1CO[C@H](Cn2cc(-c3ccccc3)nn2)[C@@H]1NCc1ccncc1. The number of nitrogens with zero attached hydrogens (tertiary/aromatic N) is 4. The molecule has 7 heteroatoms. The molecule has 3 atom stereocenters. The van der Waals surface area contributed by atoms with Crippen LogP contribution in [0.1, 0.15) is 5.56 Å². The van der Waals surface area contributed by atoms with Crippen LogP contribution in [0.5, 0.6) is 0 Å². The molecule has 0 amide bonds. The molecule has 4 rings (SSSR count). The van der Waals surface area contributed by atoms with Gasteiger partial charge in [0, 0.05) is 24.5 Å². The van der Waals surface area contributed by atoms with Crippen LogP contribution in [0, 0.1) is 0 Å². The van der Waals surface area contributed by atoms with Gasteiger partial charge in [0.2, 0.25) is 0 Å². The van der Waals surface area contributed by atoms with Crippen LogP contribution >= 0.6 is 0 Å². The van der Waals surface area contributed by atoms with Crippen LogP contribution in [0.25, 0.3) is 11.3 Å². The summed E-state index contributed by atoms with van der Waals surface area (Å²) in [5.41, 5.74) is 2.97. The van der Waals surface area contributed by atoms with Crippen LogP contribution in [0.3, 0.4) is 0 Å². The number of aromatic nitrogens is 4. The fourth-order valence-electron chi connectivity index (χ4n) is 3.16. The van der Waals surface area contributed by atoms with Gasteiger partial charge >= 0.3 is 0 Å². The van der Waals surface area contributed by atoms with E-state index in [1.807, 2.05) is 48.7 Å². The predicted octanol–water partition coefficient (Wildman–Crippen LogP) is 1.26. The third-order valence-corrected chi connectivity index (χ3v) is 4.56. The quantitative estimate of drug-likeness (QED) is 0.695. The third-order valence-electron chi connectivity index (χ3n) is 4.56. The van der Waals surface area contributed by atoms with E-state index in [9.17, 15) is 5.11 Å². The van der Waals surface area contributed by atoms with E-state index in [0.717, 1.165) is 16.8 Å². The maximum Gasteiger partial charge on any atom is 0.113 e. The van der Waals surface area contributed by atoms with Crippen molar-refractivity contribution in [2.45, 2.75) is 31.3 Å². The zero-order chi connectivity index (χ0) is 17.8. The Morgan fingerprint density at radius 2 is 1.96 bits per heavy atom. The van der Waals surface area contributed by atoms with Gasteiger partial charge < -0.3 is 15.2 Å². The standard InChI is InChI=1S/C19H21N5O2/c25-17-13-26-18(19(17)21-10-14-6-8-20-9-7-14)12-24-11-16(22-23-24)15-4-2-1-3-5-15/h1-9,11,17-19,21,25H,10,12-13H2/t17-,18+,19+/m0/s1. The summed E-state index contributed by atoms with van der Waals surface area (Å²) in [6, 6.07) is 13.7. The molecule has 1 aromatic carbocycles. The van der Waals surface area contributed by atoms with Gasteiger partial charge in [-0.1, -0.05) is 35.5 Å². The Balaban J connectivity index is 1.41. The van der Waals surface area contributed by atoms with Crippen LogP contribution in [0.4, 0.5) is 0 Å². The number of nitrogens with one attached hydrogen (secondary N) is 1. The van der Waals surface area contributed by atoms with Crippen molar-refractivity contribution >= 4 is 0 Å². The smallest absolute Gasteiger partial charge is 0.113 e. The summed E-state index contributed by atoms with van der Waals surface area (Å²) < 4.78 is 7.54. The molecular weight excluding hydrogens is 330 g/mol. The molecule has 1 aliphatic heterocycles. The van der Waals surface area contributed by atoms with Crippen molar-refractivity contribution < 1.29 is 9.84 Å². The van der Waals surface area contributed by atoms with Crippen LogP contribution in [0.2, 0.25) is 0 Å². The first-order valence-corrected chi connectivity index (χ1v) is 8.67. The van der Waals surface area contributed by atoms with Crippen molar-refractivity contribution in [3.05, 3.63) is 66.6 Å². The highest BCUT2D eigenvalue weighted by atomic mass is 16.5. The molecule has 7 nitrogen and oxygen atoms in total. The number of aliphatic hydroxyl groups is 1. The van der Waals surface area contributed by atoms with E-state index in [-0.39, 0.29) is 12.1 Å². The van der Waals surface area contributed by atoms with Crippen molar-refractivity contribution in [2.75, 3.05) is 6.61 Å². The minimum absolute atomic E-state index is 0.160. The summed E-state index contributed by atoms with van der Waals surface area (Å²) in [4.78, 5) is 4.02. The molecule has 2 aromatic heterocycles. The Bertz CT molecular complexity index is 824. The Morgan fingerprint density at radius 3 is 2.77 bits per heavy atom. The molecule has 0 unspecified atom stereocenters. The molecule has 1 aliphatic rings. The number of benzene rings is 1. The van der Waals surface area contributed by atoms with Crippen LogP contribution < -0.4 is 5.32 Å². The summed E-state index contributed by atoms with van der Waals surface area (Å²) >= 11 is 0. The predicted molar refractivity (Wildman–Crippen MR) is 96.1 cm³/mol. The van der Waals surface area contributed by atoms with Gasteiger partial charge in [-0.3, -0.25) is 4.98 Å². The van der Waals surface area contributed by atoms with Gasteiger partial charge in [-0.15, -0.1) is 5.10 Å². The fraction of sp³-hybridized carbons (Fsp3) is 0.316. The zero-order valence-electron chi connectivity index (χ0n) is 14.3. The lowest BCUT2D eigenvalue weighted by atomic mass is 10.1. The summed E-state index contributed by atoms with van der Waals surface area (Å²) in [6.07, 6.45) is 4.72. The summed E-state index contributed by atoms with van der Waals surface area (Å²) in [6.45, 7) is 1.50. The van der Waals surface area contributed by atoms with Gasteiger partial charge in [0.15, 0.2) is 0 Å². The maximum atomic E-state index is 10.3. The largest absolute Gasteiger partial charge is 0.389 e. The second-order valence-corrected chi connectivity index (χ2v) is 6.39. The Morgan fingerprint density at radius 1 is 1.15 bits per heavy atom. The molecule has 0 spiro atoms. The molecule has 134 valence electrons. The molecule has 0 aliphatic carbocycles. The third kappa shape index (κ3) is 3.80. The van der Waals surface area contributed by atoms with E-state index in [2.05, 4.69) is 20.6 Å². The normalized spacial score (nSPS) is 22.6. The average Bonchev–Trinajstić information content (AvgIpc) is 3.29. The zero-order valence-corrected chi connectivity index (χ0v) is 14.3. The fourth-order valence-corrected chi connectivity index (χ4v) is 3.16. The average molecular weight is 351 g/mol. The molecule has 0 radical (unpaired) electrons. The van der Waals surface area contributed by atoms with E-state index in [4.69, 9.17) is 4.74 Å². The minimum Gasteiger partial charge on any atom is -0.389 e. The molecule has 1 saturated heterocycles. The van der Waals surface area contributed by atoms with Crippen molar-refractivity contribution in [3.8, 4) is 11.3 Å². The molecule has 0 saturated carbocycles. The van der Waals surface area contributed by atoms with Crippen LogP contribution in [0.15, 0.2) is 61.1 Å². The highest BCUT2D eigenvalue weighted by molar-refractivity contribution is 5.57. The van der Waals surface area contributed by atoms with Crippen molar-refractivity contribution in [2.24, 2.45) is 0 Å². The topological polar surface area (TPSA) is 85.1 Å². The number of hydrogen-bond acceptors (Lipinski definition) is 6. The first-order valence-electron chi connectivity index (χ1n) is 8.67. The maximum absolute atomic E-state index is 10.3. The summed E-state index contributed by atoms with van der Waals surface area (Å²) in [7, 11) is 0. The monoisotopic (exact) mass is 351 g/mol. The molecule has 0 bridgehead atoms. The van der Waals surface area contributed by atoms with Gasteiger partial charge in [-0.25, -0.2) is 4.68 Å². The number of pyridine rings is 1. The number of ether oxygens (including phenoxy) is 1. The number of hydrogen-bond donors (Lipinski definition) is 2. The van der Waals surface area contributed by atoms with Gasteiger partial charge in [0.25, 0.3) is 0 Å². The molecular formula is C19H21N5O2. The Labute approximate surface area is 151 Å². The van der Waals surface area contributed by atoms with Crippen molar-refractivity contribution in [3.63, 3.8) is 0 Å². The van der Waals surface area contributed by atoms with E-state index in [0.29, 0.717) is 19.7 Å². The van der Waals surface area contributed by atoms with Gasteiger partial charge in [-0.2, -0.15) is 0 Å². The molecule has 2 N–H and O–H groups in total. The van der Waals surface area contributed by atoms with Gasteiger partial charge in [0.05, 0.1) is 37.6 Å². The lowest BCUT2D eigenvalue weighted by Crippen LogP contribution is -2.45. The molecule has 1 fully saturated rings. The lowest BCUT2D eigenvalue weighted by Gasteiger charge is -2.21. The molecule has 26 heavy (non-hydrogen) atoms. The van der Waals surface area contributed by atoms with Gasteiger partial charge in [-0.05, 0) is 17.7 Å². The number of rotatable bonds is 6. The van der Waals surface area contributed by atoms with Crippen LogP contribution in [-0.4, -0.2) is 49.9 Å². The molecule has 3 aromatic rings. The highest BCUT2D eigenvalue weighted by Crippen LogP contribution is 2.19. The summed E-state index contributed by atoms with van der Waals surface area (Å²) in [5, 5.41) is 22.1. The van der Waals surface area contributed by atoms with Crippen molar-refractivity contribution in [1.82, 2.24) is 25.3 Å². The highest BCUT2D eigenvalue weighted by Gasteiger charge is 2.36. The first kappa shape index (κ1) is 16.8. The Hall–Kier alpha value is -2.61. The minimum atomic E-state index is -0.543. The van der Waals surface area contributed by atoms with Crippen molar-refractivity contribution in [1.29, 1.82) is 0 Å². The first-order chi connectivity index (χ1) is 12.8. The second-order valence-electron chi connectivity index (χ2n) is 6.39.